The number of nitrogens with zero attached hydrogens (tertiary/aromatic N) is 1. The minimum absolute atomic E-state index is 0.0484. The molecule has 0 aliphatic carbocycles. The van der Waals surface area contributed by atoms with Gasteiger partial charge in [0.1, 0.15) is 0 Å². The Kier molecular flexibility index (Phi) is 5.80. The van der Waals surface area contributed by atoms with Crippen LogP contribution in [0.1, 0.15) is 33.1 Å². The lowest BCUT2D eigenvalue weighted by molar-refractivity contribution is -0.126. The number of piperidine rings is 1. The lowest BCUT2D eigenvalue weighted by Gasteiger charge is -2.30. The van der Waals surface area contributed by atoms with Crippen LogP contribution in [0, 0.1) is 5.92 Å². The first-order chi connectivity index (χ1) is 8.19. The predicted molar refractivity (Wildman–Crippen MR) is 64.6 cm³/mol. The standard InChI is InChI=1S/C12H22N2O3/c1-3-7-13-11(15)10-5-8-14(9-6-10)12(16)17-4-2/h10H,3-9H2,1-2H3,(H,13,15). The number of carbonyl (C=O) groups excluding carboxylic acids is 2. The molecule has 0 aromatic rings. The fourth-order valence-corrected chi connectivity index (χ4v) is 1.93. The Morgan fingerprint density at radius 1 is 1.29 bits per heavy atom. The van der Waals surface area contributed by atoms with Crippen LogP contribution in [0.15, 0.2) is 0 Å². The third-order valence-electron chi connectivity index (χ3n) is 2.94. The molecule has 0 aromatic carbocycles. The molecule has 17 heavy (non-hydrogen) atoms. The molecule has 1 rings (SSSR count). The largest absolute Gasteiger partial charge is 0.450 e. The third kappa shape index (κ3) is 4.24. The van der Waals surface area contributed by atoms with E-state index in [1.807, 2.05) is 6.92 Å². The Bertz CT molecular complexity index is 260. The van der Waals surface area contributed by atoms with E-state index in [1.54, 1.807) is 11.8 Å². The molecule has 2 amide bonds. The number of carbonyl (C=O) groups is 2. The summed E-state index contributed by atoms with van der Waals surface area (Å²) in [7, 11) is 0. The number of hydrogen-bond acceptors (Lipinski definition) is 3. The van der Waals surface area contributed by atoms with E-state index in [0.717, 1.165) is 25.8 Å². The Hall–Kier alpha value is -1.26. The van der Waals surface area contributed by atoms with Crippen LogP contribution in [0.25, 0.3) is 0 Å². The lowest BCUT2D eigenvalue weighted by atomic mass is 9.96. The fourth-order valence-electron chi connectivity index (χ4n) is 1.93. The van der Waals surface area contributed by atoms with Crippen molar-refractivity contribution < 1.29 is 14.3 Å². The van der Waals surface area contributed by atoms with Crippen molar-refractivity contribution in [1.82, 2.24) is 10.2 Å². The Morgan fingerprint density at radius 3 is 2.47 bits per heavy atom. The van der Waals surface area contributed by atoms with E-state index < -0.39 is 0 Å². The fraction of sp³-hybridized carbons (Fsp3) is 0.833. The molecule has 1 aliphatic heterocycles. The van der Waals surface area contributed by atoms with E-state index in [2.05, 4.69) is 5.32 Å². The summed E-state index contributed by atoms with van der Waals surface area (Å²) in [6.07, 6.45) is 2.15. The van der Waals surface area contributed by atoms with Gasteiger partial charge in [-0.1, -0.05) is 6.92 Å². The molecule has 1 heterocycles. The lowest BCUT2D eigenvalue weighted by Crippen LogP contribution is -2.43. The number of rotatable bonds is 4. The molecule has 0 saturated carbocycles. The Morgan fingerprint density at radius 2 is 1.94 bits per heavy atom. The highest BCUT2D eigenvalue weighted by molar-refractivity contribution is 5.79. The normalized spacial score (nSPS) is 16.7. The van der Waals surface area contributed by atoms with Gasteiger partial charge in [0.25, 0.3) is 0 Å². The molecule has 1 N–H and O–H groups in total. The van der Waals surface area contributed by atoms with Gasteiger partial charge in [-0.25, -0.2) is 4.79 Å². The molecule has 0 unspecified atom stereocenters. The van der Waals surface area contributed by atoms with E-state index in [-0.39, 0.29) is 17.9 Å². The van der Waals surface area contributed by atoms with Gasteiger partial charge in [-0.05, 0) is 26.2 Å². The van der Waals surface area contributed by atoms with Crippen LogP contribution in [0.4, 0.5) is 4.79 Å². The molecule has 1 fully saturated rings. The molecule has 1 saturated heterocycles. The molecule has 0 aromatic heterocycles. The van der Waals surface area contributed by atoms with Crippen molar-refractivity contribution in [1.29, 1.82) is 0 Å². The summed E-state index contributed by atoms with van der Waals surface area (Å²) in [4.78, 5) is 24.8. The predicted octanol–water partition coefficient (Wildman–Crippen LogP) is 1.38. The number of likely N-dealkylation sites (tertiary alicyclic amines) is 1. The maximum absolute atomic E-state index is 11.7. The highest BCUT2D eigenvalue weighted by Crippen LogP contribution is 2.17. The van der Waals surface area contributed by atoms with Crippen molar-refractivity contribution in [2.24, 2.45) is 5.92 Å². The van der Waals surface area contributed by atoms with E-state index >= 15 is 0 Å². The first-order valence-electron chi connectivity index (χ1n) is 6.38. The molecule has 0 bridgehead atoms. The van der Waals surface area contributed by atoms with Gasteiger partial charge in [0, 0.05) is 25.6 Å². The van der Waals surface area contributed by atoms with Gasteiger partial charge in [0.15, 0.2) is 0 Å². The quantitative estimate of drug-likeness (QED) is 0.810. The van der Waals surface area contributed by atoms with E-state index in [9.17, 15) is 9.59 Å². The van der Waals surface area contributed by atoms with Crippen LogP contribution in [-0.2, 0) is 9.53 Å². The van der Waals surface area contributed by atoms with Crippen molar-refractivity contribution in [2.45, 2.75) is 33.1 Å². The third-order valence-corrected chi connectivity index (χ3v) is 2.94. The highest BCUT2D eigenvalue weighted by atomic mass is 16.6. The van der Waals surface area contributed by atoms with Gasteiger partial charge in [-0.2, -0.15) is 0 Å². The summed E-state index contributed by atoms with van der Waals surface area (Å²) in [6, 6.07) is 0. The van der Waals surface area contributed by atoms with Crippen LogP contribution in [0.3, 0.4) is 0 Å². The number of amides is 2. The van der Waals surface area contributed by atoms with Gasteiger partial charge in [-0.15, -0.1) is 0 Å². The van der Waals surface area contributed by atoms with Gasteiger partial charge in [-0.3, -0.25) is 4.79 Å². The van der Waals surface area contributed by atoms with Gasteiger partial charge < -0.3 is 15.0 Å². The summed E-state index contributed by atoms with van der Waals surface area (Å²) in [5.74, 6) is 0.169. The van der Waals surface area contributed by atoms with Crippen molar-refractivity contribution in [3.63, 3.8) is 0 Å². The zero-order valence-corrected chi connectivity index (χ0v) is 10.7. The maximum atomic E-state index is 11.7. The smallest absolute Gasteiger partial charge is 0.409 e. The molecule has 98 valence electrons. The summed E-state index contributed by atoms with van der Waals surface area (Å²) >= 11 is 0. The topological polar surface area (TPSA) is 58.6 Å². The average molecular weight is 242 g/mol. The number of hydrogen-bond donors (Lipinski definition) is 1. The molecular weight excluding hydrogens is 220 g/mol. The summed E-state index contributed by atoms with van der Waals surface area (Å²) < 4.78 is 4.93. The first kappa shape index (κ1) is 13.8. The monoisotopic (exact) mass is 242 g/mol. The summed E-state index contributed by atoms with van der Waals surface area (Å²) in [5, 5.41) is 2.90. The van der Waals surface area contributed by atoms with Crippen molar-refractivity contribution in [3.05, 3.63) is 0 Å². The van der Waals surface area contributed by atoms with Crippen molar-refractivity contribution in [2.75, 3.05) is 26.2 Å². The zero-order valence-electron chi connectivity index (χ0n) is 10.7. The van der Waals surface area contributed by atoms with E-state index in [1.165, 1.54) is 0 Å². The van der Waals surface area contributed by atoms with Crippen molar-refractivity contribution >= 4 is 12.0 Å². The molecule has 0 radical (unpaired) electrons. The van der Waals surface area contributed by atoms with E-state index in [4.69, 9.17) is 4.74 Å². The molecule has 5 heteroatoms. The second kappa shape index (κ2) is 7.14. The number of nitrogens with one attached hydrogen (secondary N) is 1. The van der Waals surface area contributed by atoms with E-state index in [0.29, 0.717) is 19.7 Å². The van der Waals surface area contributed by atoms with Gasteiger partial charge in [0.2, 0.25) is 5.91 Å². The zero-order chi connectivity index (χ0) is 12.7. The maximum Gasteiger partial charge on any atom is 0.409 e. The van der Waals surface area contributed by atoms with Crippen LogP contribution in [0.5, 0.6) is 0 Å². The van der Waals surface area contributed by atoms with Crippen LogP contribution in [0.2, 0.25) is 0 Å². The first-order valence-corrected chi connectivity index (χ1v) is 6.38. The second-order valence-electron chi connectivity index (χ2n) is 4.25. The van der Waals surface area contributed by atoms with Crippen LogP contribution >= 0.6 is 0 Å². The molecule has 1 aliphatic rings. The summed E-state index contributed by atoms with van der Waals surface area (Å²) in [5.41, 5.74) is 0. The Balaban J connectivity index is 2.30. The van der Waals surface area contributed by atoms with Crippen molar-refractivity contribution in [3.8, 4) is 0 Å². The average Bonchev–Trinajstić information content (AvgIpc) is 2.36. The van der Waals surface area contributed by atoms with Crippen LogP contribution < -0.4 is 5.32 Å². The Labute approximate surface area is 102 Å². The minimum atomic E-state index is -0.264. The van der Waals surface area contributed by atoms with Gasteiger partial charge in [0.05, 0.1) is 6.61 Å². The molecule has 0 spiro atoms. The SMILES string of the molecule is CCCNC(=O)C1CCN(C(=O)OCC)CC1. The van der Waals surface area contributed by atoms with Gasteiger partial charge >= 0.3 is 6.09 Å². The number of ether oxygens (including phenoxy) is 1. The highest BCUT2D eigenvalue weighted by Gasteiger charge is 2.27. The minimum Gasteiger partial charge on any atom is -0.450 e. The second-order valence-corrected chi connectivity index (χ2v) is 4.25. The molecule has 5 nitrogen and oxygen atoms in total. The summed E-state index contributed by atoms with van der Waals surface area (Å²) in [6.45, 7) is 6.19. The molecular formula is C12H22N2O3. The van der Waals surface area contributed by atoms with Crippen LogP contribution in [-0.4, -0.2) is 43.1 Å². The molecule has 0 atom stereocenters.